The van der Waals surface area contributed by atoms with Gasteiger partial charge in [0.05, 0.1) is 13.2 Å². The van der Waals surface area contributed by atoms with Crippen LogP contribution in [0.4, 0.5) is 0 Å². The predicted octanol–water partition coefficient (Wildman–Crippen LogP) is 0.549. The first-order valence-corrected chi connectivity index (χ1v) is 4.55. The Bertz CT molecular complexity index is 195. The van der Waals surface area contributed by atoms with Crippen molar-refractivity contribution in [2.75, 3.05) is 19.8 Å². The molecule has 0 aromatic rings. The Morgan fingerprint density at radius 3 is 2.67 bits per heavy atom. The van der Waals surface area contributed by atoms with Crippen LogP contribution < -0.4 is 5.32 Å². The molecule has 2 fully saturated rings. The molecule has 3 nitrogen and oxygen atoms in total. The molecule has 1 N–H and O–H groups in total. The lowest BCUT2D eigenvalue weighted by molar-refractivity contribution is -0.127. The van der Waals surface area contributed by atoms with E-state index in [1.54, 1.807) is 0 Å². The quantitative estimate of drug-likeness (QED) is 0.670. The Balaban J connectivity index is 1.70. The number of nitrogens with one attached hydrogen (secondary N) is 1. The number of ether oxygens (including phenoxy) is 1. The maximum atomic E-state index is 11.2. The smallest absolute Gasteiger partial charge is 0.223 e. The fraction of sp³-hybridized carbons (Fsp3) is 0.889. The van der Waals surface area contributed by atoms with Crippen molar-refractivity contribution < 1.29 is 9.53 Å². The molecule has 2 rings (SSSR count). The van der Waals surface area contributed by atoms with E-state index in [1.165, 1.54) is 0 Å². The summed E-state index contributed by atoms with van der Waals surface area (Å²) in [6.45, 7) is 4.50. The zero-order chi connectivity index (χ0) is 8.60. The van der Waals surface area contributed by atoms with Crippen molar-refractivity contribution in [2.45, 2.75) is 19.8 Å². The summed E-state index contributed by atoms with van der Waals surface area (Å²) in [4.78, 5) is 11.2. The average molecular weight is 169 g/mol. The van der Waals surface area contributed by atoms with Crippen molar-refractivity contribution in [3.8, 4) is 0 Å². The van der Waals surface area contributed by atoms with Gasteiger partial charge in [0, 0.05) is 17.9 Å². The number of amides is 1. The molecular weight excluding hydrogens is 154 g/mol. The lowest BCUT2D eigenvalue weighted by Crippen LogP contribution is -2.48. The second-order valence-corrected chi connectivity index (χ2v) is 4.30. The Hall–Kier alpha value is -0.570. The van der Waals surface area contributed by atoms with Crippen LogP contribution in [0.2, 0.25) is 0 Å². The Morgan fingerprint density at radius 2 is 2.25 bits per heavy atom. The van der Waals surface area contributed by atoms with Gasteiger partial charge in [-0.05, 0) is 12.8 Å². The van der Waals surface area contributed by atoms with Crippen LogP contribution in [0, 0.1) is 11.3 Å². The summed E-state index contributed by atoms with van der Waals surface area (Å²) in [5, 5.41) is 2.97. The monoisotopic (exact) mass is 169 g/mol. The van der Waals surface area contributed by atoms with Crippen molar-refractivity contribution in [1.29, 1.82) is 0 Å². The summed E-state index contributed by atoms with van der Waals surface area (Å²) >= 11 is 0. The average Bonchev–Trinajstić information content (AvgIpc) is 2.78. The van der Waals surface area contributed by atoms with Crippen LogP contribution in [-0.2, 0) is 9.53 Å². The molecule has 0 atom stereocenters. The van der Waals surface area contributed by atoms with Gasteiger partial charge < -0.3 is 10.1 Å². The number of rotatable bonds is 3. The molecule has 0 bridgehead atoms. The number of hydrogen-bond acceptors (Lipinski definition) is 2. The van der Waals surface area contributed by atoms with Crippen LogP contribution in [0.3, 0.4) is 0 Å². The molecule has 1 amide bonds. The summed E-state index contributed by atoms with van der Waals surface area (Å²) < 4.78 is 5.09. The maximum Gasteiger partial charge on any atom is 0.223 e. The summed E-state index contributed by atoms with van der Waals surface area (Å²) in [6.07, 6.45) is 2.16. The molecular formula is C9H15NO2. The minimum absolute atomic E-state index is 0.213. The minimum Gasteiger partial charge on any atom is -0.380 e. The SMILES string of the molecule is CC1(CNC(=O)C2CC2)COC1. The molecule has 1 saturated carbocycles. The first kappa shape index (κ1) is 8.05. The van der Waals surface area contributed by atoms with Gasteiger partial charge >= 0.3 is 0 Å². The normalized spacial score (nSPS) is 26.1. The first-order valence-electron chi connectivity index (χ1n) is 4.55. The van der Waals surface area contributed by atoms with Crippen molar-refractivity contribution in [1.82, 2.24) is 5.32 Å². The molecule has 0 spiro atoms. The van der Waals surface area contributed by atoms with Crippen LogP contribution in [0.25, 0.3) is 0 Å². The summed E-state index contributed by atoms with van der Waals surface area (Å²) in [5.74, 6) is 0.567. The van der Waals surface area contributed by atoms with E-state index in [1.807, 2.05) is 0 Å². The third-order valence-corrected chi connectivity index (χ3v) is 2.54. The molecule has 0 unspecified atom stereocenters. The molecule has 0 radical (unpaired) electrons. The van der Waals surface area contributed by atoms with Gasteiger partial charge in [-0.2, -0.15) is 0 Å². The van der Waals surface area contributed by atoms with Crippen molar-refractivity contribution in [2.24, 2.45) is 11.3 Å². The number of hydrogen-bond donors (Lipinski definition) is 1. The van der Waals surface area contributed by atoms with E-state index >= 15 is 0 Å². The summed E-state index contributed by atoms with van der Waals surface area (Å²) in [6, 6.07) is 0. The van der Waals surface area contributed by atoms with E-state index in [9.17, 15) is 4.79 Å². The van der Waals surface area contributed by atoms with Gasteiger partial charge in [0.1, 0.15) is 0 Å². The van der Waals surface area contributed by atoms with Crippen LogP contribution in [0.15, 0.2) is 0 Å². The zero-order valence-electron chi connectivity index (χ0n) is 7.43. The van der Waals surface area contributed by atoms with Gasteiger partial charge in [-0.15, -0.1) is 0 Å². The van der Waals surface area contributed by atoms with Crippen molar-refractivity contribution in [3.63, 3.8) is 0 Å². The summed E-state index contributed by atoms with van der Waals surface area (Å²) in [5.41, 5.74) is 0.213. The molecule has 2 aliphatic rings. The molecule has 1 aliphatic carbocycles. The van der Waals surface area contributed by atoms with E-state index in [-0.39, 0.29) is 11.3 Å². The fourth-order valence-corrected chi connectivity index (χ4v) is 1.34. The Kier molecular flexibility index (Phi) is 1.83. The summed E-state index contributed by atoms with van der Waals surface area (Å²) in [7, 11) is 0. The first-order chi connectivity index (χ1) is 5.70. The molecule has 1 saturated heterocycles. The molecule has 1 aliphatic heterocycles. The second kappa shape index (κ2) is 2.73. The second-order valence-electron chi connectivity index (χ2n) is 4.30. The van der Waals surface area contributed by atoms with Gasteiger partial charge in [-0.25, -0.2) is 0 Å². The third kappa shape index (κ3) is 1.61. The molecule has 12 heavy (non-hydrogen) atoms. The van der Waals surface area contributed by atoms with Crippen molar-refractivity contribution >= 4 is 5.91 Å². The Labute approximate surface area is 72.5 Å². The lowest BCUT2D eigenvalue weighted by Gasteiger charge is -2.38. The van der Waals surface area contributed by atoms with Crippen LogP contribution in [-0.4, -0.2) is 25.7 Å². The van der Waals surface area contributed by atoms with Crippen LogP contribution >= 0.6 is 0 Å². The number of carbonyl (C=O) groups is 1. The standard InChI is InChI=1S/C9H15NO2/c1-9(5-12-6-9)4-10-8(11)7-2-3-7/h7H,2-6H2,1H3,(H,10,11). The highest BCUT2D eigenvalue weighted by Gasteiger charge is 2.36. The topological polar surface area (TPSA) is 38.3 Å². The van der Waals surface area contributed by atoms with Crippen LogP contribution in [0.5, 0.6) is 0 Å². The predicted molar refractivity (Wildman–Crippen MR) is 44.7 cm³/mol. The fourth-order valence-electron chi connectivity index (χ4n) is 1.34. The van der Waals surface area contributed by atoms with E-state index in [2.05, 4.69) is 12.2 Å². The van der Waals surface area contributed by atoms with E-state index < -0.39 is 0 Å². The molecule has 68 valence electrons. The molecule has 0 aromatic carbocycles. The van der Waals surface area contributed by atoms with Gasteiger partial charge in [0.2, 0.25) is 5.91 Å². The lowest BCUT2D eigenvalue weighted by atomic mass is 9.89. The highest BCUT2D eigenvalue weighted by molar-refractivity contribution is 5.80. The van der Waals surface area contributed by atoms with Gasteiger partial charge in [-0.3, -0.25) is 4.79 Å². The maximum absolute atomic E-state index is 11.2. The highest BCUT2D eigenvalue weighted by Crippen LogP contribution is 2.30. The molecule has 1 heterocycles. The van der Waals surface area contributed by atoms with Crippen LogP contribution in [0.1, 0.15) is 19.8 Å². The largest absolute Gasteiger partial charge is 0.380 e. The number of carbonyl (C=O) groups excluding carboxylic acids is 1. The van der Waals surface area contributed by atoms with E-state index in [0.717, 1.165) is 32.6 Å². The third-order valence-electron chi connectivity index (χ3n) is 2.54. The van der Waals surface area contributed by atoms with E-state index in [0.29, 0.717) is 5.92 Å². The van der Waals surface area contributed by atoms with Gasteiger partial charge in [-0.1, -0.05) is 6.92 Å². The Morgan fingerprint density at radius 1 is 1.58 bits per heavy atom. The zero-order valence-corrected chi connectivity index (χ0v) is 7.43. The van der Waals surface area contributed by atoms with Crippen molar-refractivity contribution in [3.05, 3.63) is 0 Å². The van der Waals surface area contributed by atoms with Gasteiger partial charge in [0.15, 0.2) is 0 Å². The molecule has 3 heteroatoms. The minimum atomic E-state index is 0.213. The van der Waals surface area contributed by atoms with Gasteiger partial charge in [0.25, 0.3) is 0 Å². The van der Waals surface area contributed by atoms with E-state index in [4.69, 9.17) is 4.74 Å². The highest BCUT2D eigenvalue weighted by atomic mass is 16.5. The molecule has 0 aromatic heterocycles.